The van der Waals surface area contributed by atoms with E-state index in [2.05, 4.69) is 47.5 Å². The normalized spacial score (nSPS) is 18.7. The Morgan fingerprint density at radius 2 is 1.94 bits per heavy atom. The van der Waals surface area contributed by atoms with Gasteiger partial charge in [0.05, 0.1) is 13.2 Å². The lowest BCUT2D eigenvalue weighted by Gasteiger charge is -2.27. The fourth-order valence-electron chi connectivity index (χ4n) is 2.33. The van der Waals surface area contributed by atoms with E-state index in [-0.39, 0.29) is 0 Å². The highest BCUT2D eigenvalue weighted by Gasteiger charge is 2.10. The maximum Gasteiger partial charge on any atom is 0.0594 e. The van der Waals surface area contributed by atoms with Crippen LogP contribution in [0.2, 0.25) is 0 Å². The van der Waals surface area contributed by atoms with Gasteiger partial charge in [0.25, 0.3) is 0 Å². The lowest BCUT2D eigenvalue weighted by atomic mass is 10.1. The number of nitrogens with zero attached hydrogens (tertiary/aromatic N) is 1. The number of morpholine rings is 1. The number of rotatable bonds is 6. The van der Waals surface area contributed by atoms with E-state index in [1.165, 1.54) is 5.56 Å². The Kier molecular flexibility index (Phi) is 5.65. The van der Waals surface area contributed by atoms with Crippen LogP contribution in [0.5, 0.6) is 0 Å². The molecule has 1 unspecified atom stereocenters. The molecule has 0 radical (unpaired) electrons. The monoisotopic (exact) mass is 248 g/mol. The van der Waals surface area contributed by atoms with Crippen LogP contribution < -0.4 is 5.32 Å². The van der Waals surface area contributed by atoms with Crippen molar-refractivity contribution >= 4 is 0 Å². The standard InChI is InChI=1S/C15H24N2O/c1-14(13-15-5-3-2-4-6-15)16-7-8-17-9-11-18-12-10-17/h2-6,14,16H,7-13H2,1H3. The first-order valence-electron chi connectivity index (χ1n) is 6.92. The second-order valence-electron chi connectivity index (χ2n) is 5.00. The largest absolute Gasteiger partial charge is 0.379 e. The summed E-state index contributed by atoms with van der Waals surface area (Å²) in [4.78, 5) is 2.46. The summed E-state index contributed by atoms with van der Waals surface area (Å²) < 4.78 is 5.34. The van der Waals surface area contributed by atoms with Gasteiger partial charge in [0.2, 0.25) is 0 Å². The van der Waals surface area contributed by atoms with E-state index in [9.17, 15) is 0 Å². The average molecular weight is 248 g/mol. The quantitative estimate of drug-likeness (QED) is 0.826. The summed E-state index contributed by atoms with van der Waals surface area (Å²) in [7, 11) is 0. The molecule has 1 fully saturated rings. The number of benzene rings is 1. The minimum atomic E-state index is 0.536. The molecule has 1 N–H and O–H groups in total. The number of ether oxygens (including phenoxy) is 1. The lowest BCUT2D eigenvalue weighted by Crippen LogP contribution is -2.42. The van der Waals surface area contributed by atoms with Crippen molar-refractivity contribution in [3.8, 4) is 0 Å². The zero-order valence-electron chi connectivity index (χ0n) is 11.3. The Balaban J connectivity index is 1.61. The van der Waals surface area contributed by atoms with Crippen molar-refractivity contribution in [3.63, 3.8) is 0 Å². The molecule has 0 aromatic heterocycles. The SMILES string of the molecule is CC(Cc1ccccc1)NCCN1CCOCC1. The Bertz CT molecular complexity index is 323. The van der Waals surface area contributed by atoms with Crippen LogP contribution in [0.15, 0.2) is 30.3 Å². The molecule has 1 aromatic rings. The molecule has 0 bridgehead atoms. The van der Waals surface area contributed by atoms with Gasteiger partial charge in [-0.3, -0.25) is 4.90 Å². The Morgan fingerprint density at radius 1 is 1.22 bits per heavy atom. The van der Waals surface area contributed by atoms with E-state index in [0.29, 0.717) is 6.04 Å². The fourth-order valence-corrected chi connectivity index (χ4v) is 2.33. The second-order valence-corrected chi connectivity index (χ2v) is 5.00. The van der Waals surface area contributed by atoms with Crippen LogP contribution in [0.3, 0.4) is 0 Å². The lowest BCUT2D eigenvalue weighted by molar-refractivity contribution is 0.0382. The highest BCUT2D eigenvalue weighted by Crippen LogP contribution is 2.02. The van der Waals surface area contributed by atoms with Crippen LogP contribution in [0.4, 0.5) is 0 Å². The van der Waals surface area contributed by atoms with E-state index in [0.717, 1.165) is 45.8 Å². The van der Waals surface area contributed by atoms with Crippen molar-refractivity contribution in [1.82, 2.24) is 10.2 Å². The molecular weight excluding hydrogens is 224 g/mol. The minimum Gasteiger partial charge on any atom is -0.379 e. The molecule has 1 aromatic carbocycles. The third kappa shape index (κ3) is 4.77. The predicted molar refractivity (Wildman–Crippen MR) is 74.9 cm³/mol. The van der Waals surface area contributed by atoms with Crippen LogP contribution in [-0.2, 0) is 11.2 Å². The van der Waals surface area contributed by atoms with E-state index in [1.54, 1.807) is 0 Å². The van der Waals surface area contributed by atoms with Crippen molar-refractivity contribution in [2.75, 3.05) is 39.4 Å². The highest BCUT2D eigenvalue weighted by atomic mass is 16.5. The second kappa shape index (κ2) is 7.52. The predicted octanol–water partition coefficient (Wildman–Crippen LogP) is 1.54. The van der Waals surface area contributed by atoms with Crippen molar-refractivity contribution in [2.24, 2.45) is 0 Å². The molecule has 1 aliphatic rings. The Labute approximate surface area is 110 Å². The summed E-state index contributed by atoms with van der Waals surface area (Å²) in [5.41, 5.74) is 1.41. The Hall–Kier alpha value is -0.900. The average Bonchev–Trinajstić information content (AvgIpc) is 2.41. The summed E-state index contributed by atoms with van der Waals surface area (Å²) in [6.45, 7) is 8.38. The zero-order chi connectivity index (χ0) is 12.6. The summed E-state index contributed by atoms with van der Waals surface area (Å²) in [6.07, 6.45) is 1.10. The molecule has 18 heavy (non-hydrogen) atoms. The van der Waals surface area contributed by atoms with Gasteiger partial charge in [0.15, 0.2) is 0 Å². The van der Waals surface area contributed by atoms with Gasteiger partial charge in [-0.15, -0.1) is 0 Å². The molecule has 0 saturated carbocycles. The molecule has 0 spiro atoms. The maximum absolute atomic E-state index is 5.34. The zero-order valence-corrected chi connectivity index (χ0v) is 11.3. The van der Waals surface area contributed by atoms with Gasteiger partial charge in [0.1, 0.15) is 0 Å². The van der Waals surface area contributed by atoms with Gasteiger partial charge in [-0.05, 0) is 18.9 Å². The molecule has 100 valence electrons. The molecule has 2 rings (SSSR count). The van der Waals surface area contributed by atoms with E-state index < -0.39 is 0 Å². The topological polar surface area (TPSA) is 24.5 Å². The third-order valence-corrected chi connectivity index (χ3v) is 3.41. The molecule has 1 atom stereocenters. The molecule has 1 aliphatic heterocycles. The van der Waals surface area contributed by atoms with Crippen LogP contribution in [0, 0.1) is 0 Å². The van der Waals surface area contributed by atoms with Crippen molar-refractivity contribution < 1.29 is 4.74 Å². The van der Waals surface area contributed by atoms with E-state index in [1.807, 2.05) is 0 Å². The molecule has 3 nitrogen and oxygen atoms in total. The van der Waals surface area contributed by atoms with Crippen LogP contribution in [0.25, 0.3) is 0 Å². The van der Waals surface area contributed by atoms with Crippen LogP contribution >= 0.6 is 0 Å². The van der Waals surface area contributed by atoms with E-state index in [4.69, 9.17) is 4.74 Å². The summed E-state index contributed by atoms with van der Waals surface area (Å²) >= 11 is 0. The van der Waals surface area contributed by atoms with Gasteiger partial charge >= 0.3 is 0 Å². The minimum absolute atomic E-state index is 0.536. The van der Waals surface area contributed by atoms with Gasteiger partial charge < -0.3 is 10.1 Å². The van der Waals surface area contributed by atoms with Crippen LogP contribution in [-0.4, -0.2) is 50.3 Å². The first kappa shape index (κ1) is 13.5. The van der Waals surface area contributed by atoms with E-state index >= 15 is 0 Å². The van der Waals surface area contributed by atoms with Crippen molar-refractivity contribution in [3.05, 3.63) is 35.9 Å². The summed E-state index contributed by atoms with van der Waals surface area (Å²) in [5, 5.41) is 3.60. The van der Waals surface area contributed by atoms with Gasteiger partial charge in [-0.25, -0.2) is 0 Å². The number of hydrogen-bond donors (Lipinski definition) is 1. The van der Waals surface area contributed by atoms with Gasteiger partial charge in [0, 0.05) is 32.2 Å². The first-order chi connectivity index (χ1) is 8.84. The third-order valence-electron chi connectivity index (χ3n) is 3.41. The Morgan fingerprint density at radius 3 is 2.67 bits per heavy atom. The highest BCUT2D eigenvalue weighted by molar-refractivity contribution is 5.15. The molecule has 3 heteroatoms. The molecule has 1 heterocycles. The smallest absolute Gasteiger partial charge is 0.0594 e. The number of nitrogens with one attached hydrogen (secondary N) is 1. The van der Waals surface area contributed by atoms with Crippen molar-refractivity contribution in [1.29, 1.82) is 0 Å². The number of hydrogen-bond acceptors (Lipinski definition) is 3. The summed E-state index contributed by atoms with van der Waals surface area (Å²) in [6, 6.07) is 11.2. The van der Waals surface area contributed by atoms with Gasteiger partial charge in [-0.1, -0.05) is 30.3 Å². The maximum atomic E-state index is 5.34. The molecule has 0 amide bonds. The first-order valence-corrected chi connectivity index (χ1v) is 6.92. The van der Waals surface area contributed by atoms with Crippen LogP contribution in [0.1, 0.15) is 12.5 Å². The fraction of sp³-hybridized carbons (Fsp3) is 0.600. The molecule has 1 saturated heterocycles. The van der Waals surface area contributed by atoms with Gasteiger partial charge in [-0.2, -0.15) is 0 Å². The van der Waals surface area contributed by atoms with Crippen molar-refractivity contribution in [2.45, 2.75) is 19.4 Å². The molecule has 0 aliphatic carbocycles. The summed E-state index contributed by atoms with van der Waals surface area (Å²) in [5.74, 6) is 0. The molecular formula is C15H24N2O.